The summed E-state index contributed by atoms with van der Waals surface area (Å²) in [6.45, 7) is 5.16. The summed E-state index contributed by atoms with van der Waals surface area (Å²) in [5, 5.41) is 9.70. The predicted molar refractivity (Wildman–Crippen MR) is 91.7 cm³/mol. The number of nitrogen functional groups attached to an aromatic ring is 1. The largest absolute Gasteiger partial charge is 0.383 e. The molecule has 6 nitrogen and oxygen atoms in total. The van der Waals surface area contributed by atoms with Gasteiger partial charge >= 0.3 is 0 Å². The van der Waals surface area contributed by atoms with Crippen molar-refractivity contribution in [2.75, 3.05) is 5.73 Å². The van der Waals surface area contributed by atoms with Crippen LogP contribution in [0.25, 0.3) is 10.2 Å². The molecule has 0 radical (unpaired) electrons. The van der Waals surface area contributed by atoms with Crippen molar-refractivity contribution in [2.24, 2.45) is 0 Å². The maximum Gasteiger partial charge on any atom is 0.140 e. The molecule has 3 aromatic heterocycles. The van der Waals surface area contributed by atoms with Crippen molar-refractivity contribution in [3.05, 3.63) is 27.9 Å². The number of aromatic nitrogens is 5. The van der Waals surface area contributed by atoms with Gasteiger partial charge in [0.2, 0.25) is 0 Å². The molecule has 2 N–H and O–H groups in total. The smallest absolute Gasteiger partial charge is 0.140 e. The molecular weight excluding hydrogens is 308 g/mol. The van der Waals surface area contributed by atoms with Crippen LogP contribution in [0.5, 0.6) is 0 Å². The summed E-state index contributed by atoms with van der Waals surface area (Å²) in [5.41, 5.74) is 7.36. The summed E-state index contributed by atoms with van der Waals surface area (Å²) in [5.74, 6) is 3.35. The Labute approximate surface area is 138 Å². The maximum atomic E-state index is 6.18. The van der Waals surface area contributed by atoms with E-state index in [1.54, 1.807) is 11.3 Å². The van der Waals surface area contributed by atoms with Crippen LogP contribution in [-0.2, 0) is 19.4 Å². The van der Waals surface area contributed by atoms with Gasteiger partial charge < -0.3 is 10.3 Å². The normalized spacial score (nSPS) is 14.9. The number of fused-ring (bicyclic) bond motifs is 2. The van der Waals surface area contributed by atoms with Gasteiger partial charge in [0.25, 0.3) is 0 Å². The fraction of sp³-hybridized carbons (Fsp3) is 0.500. The van der Waals surface area contributed by atoms with E-state index in [1.165, 1.54) is 29.7 Å². The average molecular weight is 328 g/mol. The van der Waals surface area contributed by atoms with E-state index in [4.69, 9.17) is 10.7 Å². The zero-order valence-corrected chi connectivity index (χ0v) is 14.3. The van der Waals surface area contributed by atoms with Crippen LogP contribution in [0.4, 0.5) is 5.82 Å². The van der Waals surface area contributed by atoms with Crippen LogP contribution in [0.2, 0.25) is 0 Å². The molecule has 0 aliphatic carbocycles. The van der Waals surface area contributed by atoms with Crippen molar-refractivity contribution in [1.29, 1.82) is 0 Å². The second-order valence-corrected chi connectivity index (χ2v) is 7.36. The molecule has 4 rings (SSSR count). The number of nitrogens with zero attached hydrogens (tertiary/aromatic N) is 5. The number of rotatable bonds is 2. The van der Waals surface area contributed by atoms with Gasteiger partial charge in [-0.25, -0.2) is 9.97 Å². The Morgan fingerprint density at radius 3 is 2.87 bits per heavy atom. The summed E-state index contributed by atoms with van der Waals surface area (Å²) in [6.07, 6.45) is 5.23. The van der Waals surface area contributed by atoms with Gasteiger partial charge in [0.15, 0.2) is 0 Å². The summed E-state index contributed by atoms with van der Waals surface area (Å²) >= 11 is 1.68. The van der Waals surface area contributed by atoms with Crippen molar-refractivity contribution in [3.8, 4) is 0 Å². The van der Waals surface area contributed by atoms with Crippen LogP contribution < -0.4 is 5.73 Å². The topological polar surface area (TPSA) is 82.5 Å². The molecule has 120 valence electrons. The fourth-order valence-electron chi connectivity index (χ4n) is 3.22. The van der Waals surface area contributed by atoms with Crippen LogP contribution in [0.15, 0.2) is 0 Å². The molecule has 0 spiro atoms. The Morgan fingerprint density at radius 2 is 2.00 bits per heavy atom. The summed E-state index contributed by atoms with van der Waals surface area (Å²) in [4.78, 5) is 11.4. The van der Waals surface area contributed by atoms with Crippen LogP contribution in [-0.4, -0.2) is 24.7 Å². The highest BCUT2D eigenvalue weighted by molar-refractivity contribution is 7.18. The number of thiophene rings is 1. The second kappa shape index (κ2) is 5.56. The Morgan fingerprint density at radius 1 is 1.13 bits per heavy atom. The SMILES string of the molecule is Cc1sc2nc(Cc3nnc4n3CCCCC4)nc(N)c2c1C. The van der Waals surface area contributed by atoms with Gasteiger partial charge in [-0.3, -0.25) is 0 Å². The minimum absolute atomic E-state index is 0.572. The first-order valence-electron chi connectivity index (χ1n) is 8.06. The molecule has 0 atom stereocenters. The fourth-order valence-corrected chi connectivity index (χ4v) is 4.28. The standard InChI is InChI=1S/C16H20N6S/c1-9-10(2)23-16-14(9)15(17)18-11(19-16)8-13-21-20-12-6-4-3-5-7-22(12)13/h3-8H2,1-2H3,(H2,17,18,19). The third-order valence-corrected chi connectivity index (χ3v) is 5.71. The molecule has 0 aromatic carbocycles. The number of hydrogen-bond donors (Lipinski definition) is 1. The van der Waals surface area contributed by atoms with Gasteiger partial charge in [-0.1, -0.05) is 6.42 Å². The number of anilines is 1. The van der Waals surface area contributed by atoms with Gasteiger partial charge in [0.1, 0.15) is 28.1 Å². The zero-order valence-electron chi connectivity index (χ0n) is 13.5. The molecule has 0 saturated heterocycles. The quantitative estimate of drug-likeness (QED) is 0.782. The Kier molecular flexibility index (Phi) is 3.52. The molecule has 0 fully saturated rings. The van der Waals surface area contributed by atoms with E-state index >= 15 is 0 Å². The molecular formula is C16H20N6S. The van der Waals surface area contributed by atoms with Gasteiger partial charge in [-0.05, 0) is 32.3 Å². The highest BCUT2D eigenvalue weighted by Gasteiger charge is 2.18. The number of aryl methyl sites for hydroxylation is 3. The predicted octanol–water partition coefficient (Wildman–Crippen LogP) is 2.80. The third-order valence-electron chi connectivity index (χ3n) is 4.61. The van der Waals surface area contributed by atoms with E-state index in [0.717, 1.165) is 40.7 Å². The lowest BCUT2D eigenvalue weighted by atomic mass is 10.2. The van der Waals surface area contributed by atoms with Crippen molar-refractivity contribution in [3.63, 3.8) is 0 Å². The van der Waals surface area contributed by atoms with Gasteiger partial charge in [-0.2, -0.15) is 0 Å². The van der Waals surface area contributed by atoms with Crippen molar-refractivity contribution >= 4 is 27.4 Å². The molecule has 3 aromatic rings. The molecule has 4 heterocycles. The molecule has 1 aliphatic heterocycles. The molecule has 7 heteroatoms. The summed E-state index contributed by atoms with van der Waals surface area (Å²) in [7, 11) is 0. The average Bonchev–Trinajstić information content (AvgIpc) is 2.91. The first-order chi connectivity index (χ1) is 11.1. The second-order valence-electron chi connectivity index (χ2n) is 6.16. The first-order valence-corrected chi connectivity index (χ1v) is 8.88. The van der Waals surface area contributed by atoms with Crippen molar-refractivity contribution in [2.45, 2.75) is 52.5 Å². The highest BCUT2D eigenvalue weighted by Crippen LogP contribution is 2.32. The highest BCUT2D eigenvalue weighted by atomic mass is 32.1. The Bertz CT molecular complexity index is 878. The van der Waals surface area contributed by atoms with Crippen LogP contribution in [0.1, 0.15) is 47.2 Å². The monoisotopic (exact) mass is 328 g/mol. The van der Waals surface area contributed by atoms with Gasteiger partial charge in [-0.15, -0.1) is 21.5 Å². The molecule has 23 heavy (non-hydrogen) atoms. The van der Waals surface area contributed by atoms with E-state index in [1.807, 2.05) is 0 Å². The number of nitrogens with two attached hydrogens (primary N) is 1. The van der Waals surface area contributed by atoms with Crippen molar-refractivity contribution in [1.82, 2.24) is 24.7 Å². The van der Waals surface area contributed by atoms with Gasteiger partial charge in [0.05, 0.1) is 11.8 Å². The van der Waals surface area contributed by atoms with Crippen LogP contribution >= 0.6 is 11.3 Å². The van der Waals surface area contributed by atoms with E-state index < -0.39 is 0 Å². The minimum Gasteiger partial charge on any atom is -0.383 e. The number of hydrogen-bond acceptors (Lipinski definition) is 6. The molecule has 0 saturated carbocycles. The Hall–Kier alpha value is -2.02. The van der Waals surface area contributed by atoms with E-state index in [-0.39, 0.29) is 0 Å². The lowest BCUT2D eigenvalue weighted by molar-refractivity contribution is 0.609. The maximum absolute atomic E-state index is 6.18. The van der Waals surface area contributed by atoms with Crippen LogP contribution in [0, 0.1) is 13.8 Å². The first kappa shape index (κ1) is 14.6. The molecule has 0 amide bonds. The summed E-state index contributed by atoms with van der Waals surface area (Å²) < 4.78 is 2.24. The minimum atomic E-state index is 0.572. The van der Waals surface area contributed by atoms with Crippen LogP contribution in [0.3, 0.4) is 0 Å². The third kappa shape index (κ3) is 2.49. The summed E-state index contributed by atoms with van der Waals surface area (Å²) in [6, 6.07) is 0. The van der Waals surface area contributed by atoms with E-state index in [9.17, 15) is 0 Å². The van der Waals surface area contributed by atoms with E-state index in [0.29, 0.717) is 12.2 Å². The lowest BCUT2D eigenvalue weighted by Crippen LogP contribution is -2.09. The van der Waals surface area contributed by atoms with E-state index in [2.05, 4.69) is 33.6 Å². The lowest BCUT2D eigenvalue weighted by Gasteiger charge is -2.07. The molecule has 1 aliphatic rings. The Balaban J connectivity index is 1.72. The molecule has 0 bridgehead atoms. The van der Waals surface area contributed by atoms with Gasteiger partial charge in [0, 0.05) is 17.8 Å². The zero-order chi connectivity index (χ0) is 16.0. The molecule has 0 unspecified atom stereocenters. The van der Waals surface area contributed by atoms with Crippen molar-refractivity contribution < 1.29 is 0 Å².